The molecule has 1 aliphatic heterocycles. The maximum Gasteiger partial charge on any atom is 0.293 e. The number of piperidine rings is 1. The first-order valence-electron chi connectivity index (χ1n) is 8.11. The molecule has 4 N–H and O–H groups in total. The minimum absolute atomic E-state index is 0.214. The van der Waals surface area contributed by atoms with Gasteiger partial charge >= 0.3 is 0 Å². The van der Waals surface area contributed by atoms with Crippen LogP contribution < -0.4 is 15.4 Å². The van der Waals surface area contributed by atoms with Crippen molar-refractivity contribution in [3.8, 4) is 0 Å². The number of nitrogens with two attached hydrogens (primary N) is 1. The summed E-state index contributed by atoms with van der Waals surface area (Å²) in [6, 6.07) is 3.16. The number of thiazole rings is 1. The van der Waals surface area contributed by atoms with Crippen LogP contribution in [0, 0.1) is 10.1 Å². The fourth-order valence-corrected chi connectivity index (χ4v) is 4.22. The van der Waals surface area contributed by atoms with E-state index in [1.54, 1.807) is 10.4 Å². The molecule has 0 bridgehead atoms. The molecular weight excluding hydrogens is 394 g/mol. The van der Waals surface area contributed by atoms with Crippen molar-refractivity contribution in [3.05, 3.63) is 44.9 Å². The number of nitrogens with zero attached hydrogens (tertiary/aromatic N) is 3. The molecule has 146 valence electrons. The number of aromatic nitrogens is 1. The highest BCUT2D eigenvalue weighted by molar-refractivity contribution is 7.89. The van der Waals surface area contributed by atoms with Crippen LogP contribution in [0.3, 0.4) is 0 Å². The predicted octanol–water partition coefficient (Wildman–Crippen LogP) is 0.428. The molecule has 1 aliphatic rings. The first-order chi connectivity index (χ1) is 12.8. The van der Waals surface area contributed by atoms with Crippen molar-refractivity contribution < 1.29 is 18.4 Å². The highest BCUT2D eigenvalue weighted by Crippen LogP contribution is 2.34. The molecule has 0 spiro atoms. The molecule has 12 heteroatoms. The van der Waals surface area contributed by atoms with Crippen LogP contribution in [-0.4, -0.2) is 48.7 Å². The highest BCUT2D eigenvalue weighted by atomic mass is 32.2. The second kappa shape index (κ2) is 7.86. The van der Waals surface area contributed by atoms with Gasteiger partial charge in [-0.2, -0.15) is 0 Å². The number of sulfonamides is 1. The number of anilines is 1. The van der Waals surface area contributed by atoms with Gasteiger partial charge in [-0.25, -0.2) is 18.5 Å². The molecule has 1 aromatic heterocycles. The van der Waals surface area contributed by atoms with Crippen LogP contribution in [0.5, 0.6) is 0 Å². The van der Waals surface area contributed by atoms with E-state index in [1.807, 2.05) is 5.38 Å². The van der Waals surface area contributed by atoms with E-state index in [4.69, 9.17) is 5.14 Å². The molecule has 3 rings (SSSR count). The SMILES string of the molecule is NS(=O)(=O)c1ccc(N(Cc2cscn2)[C@@H]2CCNC[C@@H]2O)c([N+](=O)[O-])c1. The second-order valence-corrected chi connectivity index (χ2v) is 8.47. The van der Waals surface area contributed by atoms with E-state index in [0.717, 1.165) is 6.07 Å². The van der Waals surface area contributed by atoms with Crippen molar-refractivity contribution >= 4 is 32.7 Å². The van der Waals surface area contributed by atoms with Crippen LogP contribution in [0.2, 0.25) is 0 Å². The maximum absolute atomic E-state index is 11.6. The molecule has 1 fully saturated rings. The van der Waals surface area contributed by atoms with Crippen LogP contribution in [0.25, 0.3) is 0 Å². The fraction of sp³-hybridized carbons (Fsp3) is 0.400. The lowest BCUT2D eigenvalue weighted by molar-refractivity contribution is -0.384. The van der Waals surface area contributed by atoms with E-state index in [2.05, 4.69) is 10.3 Å². The molecule has 27 heavy (non-hydrogen) atoms. The fourth-order valence-electron chi connectivity index (χ4n) is 3.13. The van der Waals surface area contributed by atoms with E-state index >= 15 is 0 Å². The summed E-state index contributed by atoms with van der Waals surface area (Å²) in [5.41, 5.74) is 2.19. The minimum atomic E-state index is -4.08. The Bertz CT molecular complexity index is 919. The van der Waals surface area contributed by atoms with Crippen molar-refractivity contribution in [3.63, 3.8) is 0 Å². The van der Waals surface area contributed by atoms with Crippen molar-refractivity contribution in [2.75, 3.05) is 18.0 Å². The Morgan fingerprint density at radius 3 is 2.85 bits per heavy atom. The summed E-state index contributed by atoms with van der Waals surface area (Å²) in [4.78, 5) is 16.6. The second-order valence-electron chi connectivity index (χ2n) is 6.19. The van der Waals surface area contributed by atoms with Gasteiger partial charge in [0.2, 0.25) is 10.0 Å². The Hall–Kier alpha value is -2.12. The van der Waals surface area contributed by atoms with E-state index in [0.29, 0.717) is 25.2 Å². The summed E-state index contributed by atoms with van der Waals surface area (Å²) in [6.45, 7) is 1.26. The Labute approximate surface area is 159 Å². The largest absolute Gasteiger partial charge is 0.390 e. The molecule has 0 aliphatic carbocycles. The number of primary sulfonamides is 1. The minimum Gasteiger partial charge on any atom is -0.390 e. The average Bonchev–Trinajstić information content (AvgIpc) is 3.12. The monoisotopic (exact) mass is 413 g/mol. The molecule has 2 atom stereocenters. The van der Waals surface area contributed by atoms with Crippen molar-refractivity contribution in [1.29, 1.82) is 0 Å². The van der Waals surface area contributed by atoms with Crippen LogP contribution in [0.4, 0.5) is 11.4 Å². The van der Waals surface area contributed by atoms with Gasteiger partial charge in [0.05, 0.1) is 39.7 Å². The zero-order valence-corrected chi connectivity index (χ0v) is 15.8. The van der Waals surface area contributed by atoms with E-state index in [9.17, 15) is 23.6 Å². The number of benzene rings is 1. The molecular formula is C15H19N5O5S2. The van der Waals surface area contributed by atoms with Gasteiger partial charge in [0, 0.05) is 18.0 Å². The molecule has 0 unspecified atom stereocenters. The lowest BCUT2D eigenvalue weighted by atomic mass is 10.00. The molecule has 1 aromatic carbocycles. The molecule has 10 nitrogen and oxygen atoms in total. The molecule has 2 heterocycles. The van der Waals surface area contributed by atoms with Gasteiger partial charge < -0.3 is 15.3 Å². The van der Waals surface area contributed by atoms with Gasteiger partial charge in [0.25, 0.3) is 5.69 Å². The summed E-state index contributed by atoms with van der Waals surface area (Å²) in [6.07, 6.45) is -0.172. The number of aliphatic hydroxyl groups is 1. The summed E-state index contributed by atoms with van der Waals surface area (Å²) < 4.78 is 23.2. The van der Waals surface area contributed by atoms with E-state index in [1.165, 1.54) is 23.5 Å². The van der Waals surface area contributed by atoms with Crippen LogP contribution in [-0.2, 0) is 16.6 Å². The average molecular weight is 413 g/mol. The van der Waals surface area contributed by atoms with Crippen molar-refractivity contribution in [1.82, 2.24) is 10.3 Å². The molecule has 0 saturated carbocycles. The van der Waals surface area contributed by atoms with Crippen molar-refractivity contribution in [2.24, 2.45) is 5.14 Å². The van der Waals surface area contributed by atoms with Gasteiger partial charge in [-0.15, -0.1) is 11.3 Å². The van der Waals surface area contributed by atoms with E-state index < -0.39 is 21.1 Å². The summed E-state index contributed by atoms with van der Waals surface area (Å²) in [7, 11) is -4.08. The Morgan fingerprint density at radius 1 is 1.48 bits per heavy atom. The van der Waals surface area contributed by atoms with Crippen LogP contribution >= 0.6 is 11.3 Å². The zero-order chi connectivity index (χ0) is 19.6. The lowest BCUT2D eigenvalue weighted by Crippen LogP contribution is -2.53. The third kappa shape index (κ3) is 4.42. The molecule has 2 aromatic rings. The smallest absolute Gasteiger partial charge is 0.293 e. The number of nitrogens with one attached hydrogen (secondary N) is 1. The number of rotatable bonds is 6. The number of nitro groups is 1. The first-order valence-corrected chi connectivity index (χ1v) is 10.6. The third-order valence-electron chi connectivity index (χ3n) is 4.41. The topological polar surface area (TPSA) is 152 Å². The normalized spacial score (nSPS) is 20.4. The first kappa shape index (κ1) is 19.6. The Kier molecular flexibility index (Phi) is 5.72. The van der Waals surface area contributed by atoms with Crippen LogP contribution in [0.15, 0.2) is 34.0 Å². The van der Waals surface area contributed by atoms with Crippen molar-refractivity contribution in [2.45, 2.75) is 30.0 Å². The predicted molar refractivity (Wildman–Crippen MR) is 100 cm³/mol. The van der Waals surface area contributed by atoms with Gasteiger partial charge in [-0.3, -0.25) is 10.1 Å². The summed E-state index contributed by atoms with van der Waals surface area (Å²) in [5.74, 6) is 0. The van der Waals surface area contributed by atoms with Gasteiger partial charge in [0.15, 0.2) is 0 Å². The molecule has 1 saturated heterocycles. The van der Waals surface area contributed by atoms with Gasteiger partial charge in [-0.05, 0) is 25.1 Å². The number of β-amino-alcohol motifs (C(OH)–C–C–N with tert-alkyl or cyclic N) is 1. The number of nitro benzene ring substituents is 1. The standard InChI is InChI=1S/C15H19N5O5S2/c16-27(24,25)11-1-2-12(14(5-11)20(22)23)19(7-10-8-26-9-18-10)13-3-4-17-6-15(13)21/h1-2,5,8-9,13,15,17,21H,3-4,6-7H2,(H2,16,24,25)/t13-,15+/m1/s1. The molecule has 0 amide bonds. The van der Waals surface area contributed by atoms with Crippen LogP contribution in [0.1, 0.15) is 12.1 Å². The zero-order valence-electron chi connectivity index (χ0n) is 14.2. The maximum atomic E-state index is 11.6. The lowest BCUT2D eigenvalue weighted by Gasteiger charge is -2.38. The Balaban J connectivity index is 2.09. The van der Waals surface area contributed by atoms with E-state index in [-0.39, 0.29) is 28.9 Å². The molecule has 0 radical (unpaired) electrons. The number of hydrogen-bond acceptors (Lipinski definition) is 9. The summed E-state index contributed by atoms with van der Waals surface area (Å²) in [5, 5.41) is 32.1. The highest BCUT2D eigenvalue weighted by Gasteiger charge is 2.33. The quantitative estimate of drug-likeness (QED) is 0.455. The van der Waals surface area contributed by atoms with Gasteiger partial charge in [-0.1, -0.05) is 0 Å². The Morgan fingerprint density at radius 2 is 2.26 bits per heavy atom. The number of aliphatic hydroxyl groups excluding tert-OH is 1. The third-order valence-corrected chi connectivity index (χ3v) is 5.96. The summed E-state index contributed by atoms with van der Waals surface area (Å²) >= 11 is 1.40. The number of hydrogen-bond donors (Lipinski definition) is 3. The van der Waals surface area contributed by atoms with Gasteiger partial charge in [0.1, 0.15) is 5.69 Å².